The normalized spacial score (nSPS) is 36.6. The third-order valence-corrected chi connectivity index (χ3v) is 2.76. The highest BCUT2D eigenvalue weighted by Crippen LogP contribution is 2.30. The molecule has 0 aromatic heterocycles. The summed E-state index contributed by atoms with van der Waals surface area (Å²) in [4.78, 5) is 11.3. The van der Waals surface area contributed by atoms with Crippen LogP contribution in [-0.4, -0.2) is 17.0 Å². The molecule has 0 spiro atoms. The van der Waals surface area contributed by atoms with Crippen LogP contribution in [0.1, 0.15) is 26.7 Å². The fourth-order valence-corrected chi connectivity index (χ4v) is 1.60. The van der Waals surface area contributed by atoms with Crippen molar-refractivity contribution < 1.29 is 9.90 Å². The summed E-state index contributed by atoms with van der Waals surface area (Å²) in [5, 5.41) is 9.51. The van der Waals surface area contributed by atoms with Crippen molar-refractivity contribution in [1.82, 2.24) is 0 Å². The lowest BCUT2D eigenvalue weighted by molar-refractivity contribution is -0.129. The van der Waals surface area contributed by atoms with E-state index in [1.807, 2.05) is 6.92 Å². The monoisotopic (exact) mass is 168 g/mol. The van der Waals surface area contributed by atoms with E-state index >= 15 is 0 Å². The Labute approximate surface area is 73.3 Å². The highest BCUT2D eigenvalue weighted by molar-refractivity contribution is 5.82. The maximum Gasteiger partial charge on any atom is 0.138 e. The maximum atomic E-state index is 11.3. The number of carbonyl (C=O) groups is 1. The molecule has 0 bridgehead atoms. The van der Waals surface area contributed by atoms with Gasteiger partial charge in [-0.15, -0.1) is 0 Å². The summed E-state index contributed by atoms with van der Waals surface area (Å²) in [6.45, 7) is 7.52. The van der Waals surface area contributed by atoms with Gasteiger partial charge in [-0.2, -0.15) is 0 Å². The van der Waals surface area contributed by atoms with Gasteiger partial charge in [-0.05, 0) is 19.3 Å². The summed E-state index contributed by atoms with van der Waals surface area (Å²) >= 11 is 0. The van der Waals surface area contributed by atoms with Gasteiger partial charge in [-0.1, -0.05) is 19.1 Å². The van der Waals surface area contributed by atoms with E-state index in [9.17, 15) is 9.90 Å². The first kappa shape index (κ1) is 9.46. The Hall–Kier alpha value is -0.630. The first-order valence-electron chi connectivity index (χ1n) is 4.38. The Morgan fingerprint density at radius 3 is 2.67 bits per heavy atom. The van der Waals surface area contributed by atoms with Crippen molar-refractivity contribution in [3.63, 3.8) is 0 Å². The molecule has 2 nitrogen and oxygen atoms in total. The molecule has 3 atom stereocenters. The summed E-state index contributed by atoms with van der Waals surface area (Å²) in [6, 6.07) is 0. The first-order chi connectivity index (χ1) is 5.52. The molecule has 1 rings (SSSR count). The summed E-state index contributed by atoms with van der Waals surface area (Å²) in [5.41, 5.74) is 1.01. The van der Waals surface area contributed by atoms with E-state index in [0.29, 0.717) is 12.8 Å². The Bertz CT molecular complexity index is 208. The smallest absolute Gasteiger partial charge is 0.138 e. The number of aliphatic hydroxyl groups excluding tert-OH is 1. The van der Waals surface area contributed by atoms with Gasteiger partial charge in [0, 0.05) is 12.3 Å². The Morgan fingerprint density at radius 1 is 1.67 bits per heavy atom. The number of aliphatic hydroxyl groups is 1. The van der Waals surface area contributed by atoms with Crippen LogP contribution in [0.3, 0.4) is 0 Å². The van der Waals surface area contributed by atoms with Crippen LogP contribution >= 0.6 is 0 Å². The van der Waals surface area contributed by atoms with Crippen LogP contribution in [-0.2, 0) is 4.79 Å². The number of Topliss-reactive ketones (excluding diaryl/α,β-unsaturated/α-hetero) is 1. The molecule has 0 aromatic rings. The van der Waals surface area contributed by atoms with Crippen molar-refractivity contribution in [2.45, 2.75) is 32.8 Å². The van der Waals surface area contributed by atoms with Gasteiger partial charge in [-0.25, -0.2) is 0 Å². The number of carbonyl (C=O) groups excluding carboxylic acids is 1. The topological polar surface area (TPSA) is 37.3 Å². The molecule has 0 amide bonds. The summed E-state index contributed by atoms with van der Waals surface area (Å²) in [6.07, 6.45) is 0.795. The van der Waals surface area contributed by atoms with E-state index in [0.717, 1.165) is 5.57 Å². The number of ketones is 1. The lowest BCUT2D eigenvalue weighted by Crippen LogP contribution is -2.35. The van der Waals surface area contributed by atoms with Gasteiger partial charge >= 0.3 is 0 Å². The minimum Gasteiger partial charge on any atom is -0.392 e. The van der Waals surface area contributed by atoms with Crippen molar-refractivity contribution >= 4 is 5.78 Å². The fraction of sp³-hybridized carbons (Fsp3) is 0.700. The van der Waals surface area contributed by atoms with E-state index in [4.69, 9.17) is 0 Å². The average Bonchev–Trinajstić information content (AvgIpc) is 1.99. The molecule has 12 heavy (non-hydrogen) atoms. The van der Waals surface area contributed by atoms with Crippen LogP contribution in [0, 0.1) is 11.8 Å². The molecule has 0 saturated heterocycles. The zero-order valence-electron chi connectivity index (χ0n) is 7.71. The Morgan fingerprint density at radius 2 is 2.25 bits per heavy atom. The van der Waals surface area contributed by atoms with E-state index in [1.165, 1.54) is 0 Å². The molecule has 1 N–H and O–H groups in total. The predicted molar refractivity (Wildman–Crippen MR) is 47.7 cm³/mol. The maximum absolute atomic E-state index is 11.3. The minimum atomic E-state index is -0.465. The van der Waals surface area contributed by atoms with Gasteiger partial charge in [0.25, 0.3) is 0 Å². The fourth-order valence-electron chi connectivity index (χ4n) is 1.60. The van der Waals surface area contributed by atoms with Crippen molar-refractivity contribution in [2.75, 3.05) is 0 Å². The molecule has 0 aliphatic heterocycles. The van der Waals surface area contributed by atoms with Crippen molar-refractivity contribution in [2.24, 2.45) is 11.8 Å². The minimum absolute atomic E-state index is 0.168. The van der Waals surface area contributed by atoms with Crippen molar-refractivity contribution in [3.05, 3.63) is 12.2 Å². The molecule has 1 saturated carbocycles. The highest BCUT2D eigenvalue weighted by atomic mass is 16.3. The van der Waals surface area contributed by atoms with Crippen molar-refractivity contribution in [3.8, 4) is 0 Å². The first-order valence-corrected chi connectivity index (χ1v) is 4.38. The summed E-state index contributed by atoms with van der Waals surface area (Å²) in [7, 11) is 0. The SMILES string of the molecule is C=C(C)[C@H]1CC(=O)[C@H](C)[C@H](O)C1. The number of hydrogen-bond donors (Lipinski definition) is 1. The van der Waals surface area contributed by atoms with Gasteiger partial charge in [0.2, 0.25) is 0 Å². The van der Waals surface area contributed by atoms with Gasteiger partial charge < -0.3 is 5.11 Å². The zero-order valence-corrected chi connectivity index (χ0v) is 7.71. The van der Waals surface area contributed by atoms with Crippen LogP contribution in [0.25, 0.3) is 0 Å². The molecule has 68 valence electrons. The molecule has 0 aromatic carbocycles. The third kappa shape index (κ3) is 1.75. The van der Waals surface area contributed by atoms with Crippen LogP contribution in [0.15, 0.2) is 12.2 Å². The van der Waals surface area contributed by atoms with Gasteiger partial charge in [0.1, 0.15) is 5.78 Å². The van der Waals surface area contributed by atoms with Crippen LogP contribution in [0.5, 0.6) is 0 Å². The number of rotatable bonds is 1. The largest absolute Gasteiger partial charge is 0.392 e. The van der Waals surface area contributed by atoms with Gasteiger partial charge in [-0.3, -0.25) is 4.79 Å². The van der Waals surface area contributed by atoms with Gasteiger partial charge in [0.05, 0.1) is 6.10 Å². The highest BCUT2D eigenvalue weighted by Gasteiger charge is 2.32. The van der Waals surface area contributed by atoms with Crippen LogP contribution in [0.2, 0.25) is 0 Å². The Kier molecular flexibility index (Phi) is 2.68. The zero-order chi connectivity index (χ0) is 9.30. The predicted octanol–water partition coefficient (Wildman–Crippen LogP) is 1.54. The molecule has 0 radical (unpaired) electrons. The quantitative estimate of drug-likeness (QED) is 0.603. The second kappa shape index (κ2) is 3.40. The summed E-state index contributed by atoms with van der Waals surface area (Å²) < 4.78 is 0. The lowest BCUT2D eigenvalue weighted by Gasteiger charge is -2.30. The molecular weight excluding hydrogens is 152 g/mol. The van der Waals surface area contributed by atoms with E-state index in [2.05, 4.69) is 6.58 Å². The van der Waals surface area contributed by atoms with Crippen LogP contribution < -0.4 is 0 Å². The average molecular weight is 168 g/mol. The molecule has 2 heteroatoms. The number of hydrogen-bond acceptors (Lipinski definition) is 2. The number of allylic oxidation sites excluding steroid dienone is 1. The molecule has 1 aliphatic rings. The van der Waals surface area contributed by atoms with E-state index < -0.39 is 6.10 Å². The molecule has 1 fully saturated rings. The van der Waals surface area contributed by atoms with Gasteiger partial charge in [0.15, 0.2) is 0 Å². The lowest BCUT2D eigenvalue weighted by atomic mass is 9.77. The molecule has 1 aliphatic carbocycles. The molecular formula is C10H16O2. The second-order valence-electron chi connectivity index (χ2n) is 3.81. The molecule has 0 heterocycles. The third-order valence-electron chi connectivity index (χ3n) is 2.76. The second-order valence-corrected chi connectivity index (χ2v) is 3.81. The Balaban J connectivity index is 2.66. The van der Waals surface area contributed by atoms with Crippen molar-refractivity contribution in [1.29, 1.82) is 0 Å². The summed E-state index contributed by atoms with van der Waals surface area (Å²) in [5.74, 6) is 0.186. The van der Waals surface area contributed by atoms with E-state index in [1.54, 1.807) is 6.92 Å². The molecule has 0 unspecified atom stereocenters. The standard InChI is InChI=1S/C10H16O2/c1-6(2)8-4-9(11)7(3)10(12)5-8/h7-9,11H,1,4-5H2,2-3H3/t7-,8-,9-/m1/s1. The van der Waals surface area contributed by atoms with E-state index in [-0.39, 0.29) is 17.6 Å². The van der Waals surface area contributed by atoms with Crippen LogP contribution in [0.4, 0.5) is 0 Å².